The zero-order valence-electron chi connectivity index (χ0n) is 21.2. The Morgan fingerprint density at radius 2 is 1.29 bits per heavy atom. The first-order valence-electron chi connectivity index (χ1n) is 11.2. The van der Waals surface area contributed by atoms with Crippen LogP contribution in [0.25, 0.3) is 0 Å². The molecule has 3 amide bonds. The third-order valence-electron chi connectivity index (χ3n) is 5.39. The fourth-order valence-electron chi connectivity index (χ4n) is 3.59. The number of nitrogens with one attached hydrogen (secondary N) is 5. The van der Waals surface area contributed by atoms with Crippen LogP contribution in [0.15, 0.2) is 47.9 Å². The van der Waals surface area contributed by atoms with Crippen LogP contribution >= 0.6 is 28.3 Å². The van der Waals surface area contributed by atoms with E-state index >= 15 is 0 Å². The highest BCUT2D eigenvalue weighted by atomic mass is 79.9. The Balaban J connectivity index is 0.00000507. The first-order chi connectivity index (χ1) is 17.4. The van der Waals surface area contributed by atoms with Crippen LogP contribution in [-0.2, 0) is 21.1 Å². The summed E-state index contributed by atoms with van der Waals surface area (Å²) in [6.07, 6.45) is 5.31. The fraction of sp³-hybridized carbons (Fsp3) is 0.250. The molecule has 0 aliphatic carbocycles. The zero-order valence-corrected chi connectivity index (χ0v) is 23.6. The maximum atomic E-state index is 12.9. The third kappa shape index (κ3) is 7.76. The van der Waals surface area contributed by atoms with Gasteiger partial charge < -0.3 is 40.7 Å². The Bertz CT molecular complexity index is 1370. The van der Waals surface area contributed by atoms with Gasteiger partial charge in [-0.3, -0.25) is 19.8 Å². The lowest BCUT2D eigenvalue weighted by molar-refractivity contribution is 0.0945. The van der Waals surface area contributed by atoms with Gasteiger partial charge in [-0.05, 0) is 18.2 Å². The van der Waals surface area contributed by atoms with Crippen molar-refractivity contribution in [1.29, 1.82) is 5.41 Å². The van der Waals surface area contributed by atoms with Gasteiger partial charge in [0.05, 0.1) is 22.9 Å². The normalized spacial score (nSPS) is 10.3. The average Bonchev–Trinajstić information content (AvgIpc) is 3.48. The summed E-state index contributed by atoms with van der Waals surface area (Å²) in [5.41, 5.74) is 8.08. The molecule has 3 rings (SSSR count). The summed E-state index contributed by atoms with van der Waals surface area (Å²) in [4.78, 5) is 38.1. The Morgan fingerprint density at radius 3 is 1.74 bits per heavy atom. The lowest BCUT2D eigenvalue weighted by atomic mass is 10.3. The number of amides is 3. The average molecular weight is 609 g/mol. The Labute approximate surface area is 234 Å². The molecular weight excluding hydrogens is 578 g/mol. The molecule has 0 saturated heterocycles. The van der Waals surface area contributed by atoms with Gasteiger partial charge >= 0.3 is 0 Å². The number of rotatable bonds is 11. The SMILES string of the molecule is C=C(Br)CNc1cc(C(=O)Nc2cc(C(=O)Nc3cc(C(=O)NCCC(=N)N)n(C)c3)n(C)c2)n(C)c1.Cl. The Morgan fingerprint density at radius 1 is 0.868 bits per heavy atom. The smallest absolute Gasteiger partial charge is 0.272 e. The summed E-state index contributed by atoms with van der Waals surface area (Å²) < 4.78 is 5.68. The zero-order chi connectivity index (χ0) is 27.3. The Hall–Kier alpha value is -3.97. The van der Waals surface area contributed by atoms with Crippen LogP contribution in [-0.4, -0.2) is 50.3 Å². The van der Waals surface area contributed by atoms with Crippen LogP contribution in [0.1, 0.15) is 37.9 Å². The molecular formula is C24H31BrClN9O3. The van der Waals surface area contributed by atoms with Crippen LogP contribution in [0, 0.1) is 5.41 Å². The van der Waals surface area contributed by atoms with E-state index in [1.165, 1.54) is 0 Å². The topological polar surface area (TPSA) is 164 Å². The van der Waals surface area contributed by atoms with Gasteiger partial charge in [0.25, 0.3) is 17.7 Å². The molecule has 204 valence electrons. The number of hydrogen-bond acceptors (Lipinski definition) is 5. The van der Waals surface area contributed by atoms with Gasteiger partial charge in [-0.15, -0.1) is 12.4 Å². The van der Waals surface area contributed by atoms with Crippen molar-refractivity contribution in [3.05, 3.63) is 64.9 Å². The molecule has 0 aliphatic heterocycles. The molecule has 3 aromatic rings. The molecule has 0 aliphatic rings. The van der Waals surface area contributed by atoms with Crippen molar-refractivity contribution in [2.75, 3.05) is 29.0 Å². The van der Waals surface area contributed by atoms with Gasteiger partial charge in [-0.2, -0.15) is 0 Å². The number of nitrogens with two attached hydrogens (primary N) is 1. The van der Waals surface area contributed by atoms with Crippen molar-refractivity contribution >= 4 is 69.0 Å². The number of anilines is 3. The highest BCUT2D eigenvalue weighted by molar-refractivity contribution is 9.11. The molecule has 14 heteroatoms. The summed E-state index contributed by atoms with van der Waals surface area (Å²) in [5, 5.41) is 18.7. The standard InChI is InChI=1S/C24H30BrN9O3.ClH/c1-14(25)10-29-15-7-19(32(2)11-15)23(36)31-17-9-20(34(4)13-17)24(37)30-16-8-18(33(3)12-16)22(35)28-6-5-21(26)27;/h7-9,11-13,29H,1,5-6,10H2,2-4H3,(H3,26,27)(H,28,35)(H,30,37)(H,31,36);1H. The molecule has 0 spiro atoms. The summed E-state index contributed by atoms with van der Waals surface area (Å²) in [6.45, 7) is 4.54. The van der Waals surface area contributed by atoms with Crippen LogP contribution in [0.5, 0.6) is 0 Å². The third-order valence-corrected chi connectivity index (χ3v) is 5.67. The quantitative estimate of drug-likeness (QED) is 0.145. The minimum Gasteiger partial charge on any atom is -0.388 e. The van der Waals surface area contributed by atoms with Gasteiger partial charge in [0.1, 0.15) is 17.1 Å². The fourth-order valence-corrected chi connectivity index (χ4v) is 3.73. The second-order valence-electron chi connectivity index (χ2n) is 8.48. The first-order valence-corrected chi connectivity index (χ1v) is 12.0. The highest BCUT2D eigenvalue weighted by Gasteiger charge is 2.18. The minimum absolute atomic E-state index is 0. The molecule has 12 nitrogen and oxygen atoms in total. The number of carbonyl (C=O) groups excluding carboxylic acids is 3. The Kier molecular flexibility index (Phi) is 10.4. The first kappa shape index (κ1) is 30.3. The summed E-state index contributed by atoms with van der Waals surface area (Å²) in [5.74, 6) is -1.09. The lowest BCUT2D eigenvalue weighted by Gasteiger charge is -2.04. The molecule has 0 bridgehead atoms. The number of carbonyl (C=O) groups is 3. The summed E-state index contributed by atoms with van der Waals surface area (Å²) in [6, 6.07) is 4.85. The molecule has 0 saturated carbocycles. The molecule has 38 heavy (non-hydrogen) atoms. The monoisotopic (exact) mass is 607 g/mol. The number of hydrogen-bond donors (Lipinski definition) is 6. The van der Waals surface area contributed by atoms with E-state index < -0.39 is 5.91 Å². The van der Waals surface area contributed by atoms with Crippen molar-refractivity contribution in [2.24, 2.45) is 26.9 Å². The molecule has 0 radical (unpaired) electrons. The molecule has 0 unspecified atom stereocenters. The second kappa shape index (κ2) is 13.0. The van der Waals surface area contributed by atoms with Crippen LogP contribution in [0.2, 0.25) is 0 Å². The van der Waals surface area contributed by atoms with Gasteiger partial charge in [-0.25, -0.2) is 0 Å². The van der Waals surface area contributed by atoms with E-state index in [0.29, 0.717) is 35.0 Å². The number of amidine groups is 1. The van der Waals surface area contributed by atoms with Gasteiger partial charge in [0.15, 0.2) is 0 Å². The van der Waals surface area contributed by atoms with Crippen molar-refractivity contribution in [3.8, 4) is 0 Å². The van der Waals surface area contributed by atoms with Gasteiger partial charge in [-0.1, -0.05) is 22.5 Å². The largest absolute Gasteiger partial charge is 0.388 e. The van der Waals surface area contributed by atoms with E-state index in [1.807, 2.05) is 0 Å². The predicted molar refractivity (Wildman–Crippen MR) is 155 cm³/mol. The molecule has 0 aromatic carbocycles. The molecule has 3 heterocycles. The molecule has 0 atom stereocenters. The summed E-state index contributed by atoms with van der Waals surface area (Å²) in [7, 11) is 5.15. The van der Waals surface area contributed by atoms with Crippen molar-refractivity contribution in [3.63, 3.8) is 0 Å². The lowest BCUT2D eigenvalue weighted by Crippen LogP contribution is -2.28. The number of aromatic nitrogens is 3. The van der Waals surface area contributed by atoms with E-state index in [-0.39, 0.29) is 43.0 Å². The number of halogens is 2. The highest BCUT2D eigenvalue weighted by Crippen LogP contribution is 2.20. The van der Waals surface area contributed by atoms with E-state index in [9.17, 15) is 14.4 Å². The minimum atomic E-state index is -0.405. The number of aryl methyl sites for hydroxylation is 3. The second-order valence-corrected chi connectivity index (χ2v) is 9.61. The van der Waals surface area contributed by atoms with E-state index in [0.717, 1.165) is 10.2 Å². The van der Waals surface area contributed by atoms with Gasteiger partial charge in [0.2, 0.25) is 0 Å². The molecule has 3 aromatic heterocycles. The van der Waals surface area contributed by atoms with Crippen LogP contribution < -0.4 is 27.0 Å². The molecule has 0 fully saturated rings. The predicted octanol–water partition coefficient (Wildman–Crippen LogP) is 3.00. The van der Waals surface area contributed by atoms with Crippen LogP contribution in [0.4, 0.5) is 17.1 Å². The maximum absolute atomic E-state index is 12.9. The molecule has 7 N–H and O–H groups in total. The van der Waals surface area contributed by atoms with Gasteiger partial charge in [0, 0.05) is 63.7 Å². The van der Waals surface area contributed by atoms with Crippen molar-refractivity contribution in [1.82, 2.24) is 19.0 Å². The van der Waals surface area contributed by atoms with Crippen LogP contribution in [0.3, 0.4) is 0 Å². The van der Waals surface area contributed by atoms with E-state index in [1.54, 1.807) is 71.6 Å². The van der Waals surface area contributed by atoms with Crippen molar-refractivity contribution < 1.29 is 14.4 Å². The maximum Gasteiger partial charge on any atom is 0.272 e. The number of nitrogens with zero attached hydrogens (tertiary/aromatic N) is 3. The summed E-state index contributed by atoms with van der Waals surface area (Å²) >= 11 is 3.29. The van der Waals surface area contributed by atoms with E-state index in [4.69, 9.17) is 11.1 Å². The van der Waals surface area contributed by atoms with Crippen molar-refractivity contribution in [2.45, 2.75) is 6.42 Å². The van der Waals surface area contributed by atoms with E-state index in [2.05, 4.69) is 43.8 Å².